The molecule has 17 heteroatoms. The van der Waals surface area contributed by atoms with Crippen molar-refractivity contribution in [2.45, 2.75) is 140 Å². The number of fused-ring (bicyclic) bond motifs is 3. The number of furan rings is 1. The summed E-state index contributed by atoms with van der Waals surface area (Å²) >= 11 is 0. The van der Waals surface area contributed by atoms with Crippen molar-refractivity contribution in [1.82, 2.24) is 0 Å². The molecule has 0 amide bonds. The summed E-state index contributed by atoms with van der Waals surface area (Å²) in [6.07, 6.45) is -6.27. The Morgan fingerprint density at radius 1 is 0.965 bits per heavy atom. The van der Waals surface area contributed by atoms with Gasteiger partial charge in [-0.1, -0.05) is 41.5 Å². The maximum atomic E-state index is 14.6. The number of methoxy groups -OCH3 is 1. The maximum absolute atomic E-state index is 14.6. The van der Waals surface area contributed by atoms with Crippen molar-refractivity contribution in [1.29, 1.82) is 0 Å². The summed E-state index contributed by atoms with van der Waals surface area (Å²) in [5, 5.41) is 27.3. The van der Waals surface area contributed by atoms with Crippen LogP contribution in [0, 0.1) is 39.9 Å². The minimum atomic E-state index is -2.62. The molecule has 3 aliphatic heterocycles. The lowest BCUT2D eigenvalue weighted by atomic mass is 9.32. The first-order valence-electron chi connectivity index (χ1n) is 19.4. The van der Waals surface area contributed by atoms with Gasteiger partial charge in [-0.15, -0.1) is 0 Å². The Balaban J connectivity index is 1.52. The number of hydrogen-bond acceptors (Lipinski definition) is 17. The number of cyclic esters (lactones) is 1. The predicted octanol–water partition coefficient (Wildman–Crippen LogP) is 2.22. The Bertz CT molecular complexity index is 1960. The van der Waals surface area contributed by atoms with Crippen LogP contribution in [0.4, 0.5) is 0 Å². The highest BCUT2D eigenvalue weighted by Crippen LogP contribution is 2.90. The molecule has 7 fully saturated rings. The average molecular weight is 803 g/mol. The summed E-state index contributed by atoms with van der Waals surface area (Å²) in [6.45, 7) is 13.4. The van der Waals surface area contributed by atoms with E-state index in [1.807, 2.05) is 0 Å². The zero-order chi connectivity index (χ0) is 41.8. The summed E-state index contributed by atoms with van der Waals surface area (Å²) in [5.41, 5.74) is -13.9. The molecule has 4 heterocycles. The van der Waals surface area contributed by atoms with E-state index >= 15 is 0 Å². The topological polar surface area (TPSA) is 230 Å². The molecular formula is C40H50O17. The third-order valence-corrected chi connectivity index (χ3v) is 15.1. The third kappa shape index (κ3) is 4.22. The summed E-state index contributed by atoms with van der Waals surface area (Å²) in [7, 11) is 1.11. The number of ether oxygens (including phenoxy) is 8. The Kier molecular flexibility index (Phi) is 8.30. The van der Waals surface area contributed by atoms with Crippen LogP contribution < -0.4 is 0 Å². The van der Waals surface area contributed by atoms with E-state index in [0.29, 0.717) is 5.56 Å². The molecule has 312 valence electrons. The maximum Gasteiger partial charge on any atom is 0.347 e. The van der Waals surface area contributed by atoms with Crippen LogP contribution in [-0.4, -0.2) is 106 Å². The normalized spacial score (nSPS) is 48.7. The summed E-state index contributed by atoms with van der Waals surface area (Å²) in [5.74, 6) is -12.5. The fourth-order valence-corrected chi connectivity index (χ4v) is 13.6. The van der Waals surface area contributed by atoms with Crippen LogP contribution in [0.2, 0.25) is 0 Å². The van der Waals surface area contributed by atoms with E-state index in [-0.39, 0.29) is 19.3 Å². The molecule has 0 aromatic carbocycles. The molecule has 57 heavy (non-hydrogen) atoms. The first-order chi connectivity index (χ1) is 26.5. The number of rotatable bonds is 9. The van der Waals surface area contributed by atoms with E-state index in [0.717, 1.165) is 14.0 Å². The highest BCUT2D eigenvalue weighted by atomic mass is 16.9. The smallest absolute Gasteiger partial charge is 0.347 e. The fraction of sp³-hybridized carbons (Fsp3) is 0.750. The van der Waals surface area contributed by atoms with E-state index in [1.165, 1.54) is 26.4 Å². The van der Waals surface area contributed by atoms with Gasteiger partial charge in [0.15, 0.2) is 5.60 Å². The molecule has 8 rings (SSSR count). The molecule has 4 bridgehead atoms. The second-order valence-electron chi connectivity index (χ2n) is 18.0. The van der Waals surface area contributed by atoms with Gasteiger partial charge >= 0.3 is 29.8 Å². The molecule has 3 saturated heterocycles. The highest BCUT2D eigenvalue weighted by molar-refractivity contribution is 6.00. The van der Waals surface area contributed by atoms with Crippen molar-refractivity contribution in [3.63, 3.8) is 0 Å². The zero-order valence-electron chi connectivity index (χ0n) is 33.6. The number of ketones is 1. The van der Waals surface area contributed by atoms with Crippen molar-refractivity contribution in [3.05, 3.63) is 24.2 Å². The molecule has 1 aromatic heterocycles. The van der Waals surface area contributed by atoms with Gasteiger partial charge in [0.2, 0.25) is 6.10 Å². The van der Waals surface area contributed by atoms with E-state index < -0.39 is 134 Å². The highest BCUT2D eigenvalue weighted by Gasteiger charge is 3.05. The van der Waals surface area contributed by atoms with Gasteiger partial charge in [-0.05, 0) is 12.5 Å². The van der Waals surface area contributed by atoms with Crippen molar-refractivity contribution in [3.8, 4) is 0 Å². The van der Waals surface area contributed by atoms with Crippen molar-refractivity contribution in [2.24, 2.45) is 39.9 Å². The molecule has 7 aliphatic rings. The van der Waals surface area contributed by atoms with Crippen LogP contribution in [0.3, 0.4) is 0 Å². The van der Waals surface area contributed by atoms with Gasteiger partial charge in [0, 0.05) is 61.8 Å². The van der Waals surface area contributed by atoms with Gasteiger partial charge < -0.3 is 52.5 Å². The number of Topliss-reactive ketones (excluding diaryl/α,β-unsaturated/α-hetero) is 1. The molecule has 17 nitrogen and oxygen atoms in total. The lowest BCUT2D eigenvalue weighted by Gasteiger charge is -2.77. The zero-order valence-corrected chi connectivity index (χ0v) is 33.6. The lowest BCUT2D eigenvalue weighted by molar-refractivity contribution is -0.483. The number of aliphatic hydroxyl groups is 2. The van der Waals surface area contributed by atoms with Crippen LogP contribution in [0.25, 0.3) is 0 Å². The van der Waals surface area contributed by atoms with Crippen molar-refractivity contribution >= 4 is 35.6 Å². The van der Waals surface area contributed by atoms with Gasteiger partial charge in [-0.3, -0.25) is 24.0 Å². The van der Waals surface area contributed by atoms with Crippen LogP contribution >= 0.6 is 0 Å². The minimum absolute atomic E-state index is 0.188. The van der Waals surface area contributed by atoms with Crippen LogP contribution in [0.1, 0.15) is 93.2 Å². The predicted molar refractivity (Wildman–Crippen MR) is 186 cm³/mol. The Hall–Kier alpha value is -3.90. The second kappa shape index (κ2) is 11.9. The largest absolute Gasteiger partial charge is 0.472 e. The Labute approximate surface area is 328 Å². The standard InChI is InChI=1S/C40H50O17/c1-11-21(43)23-25-34(7,27(53-29(23)45)20-12-13-50-15-20)22(51-18(4)41)14-37-35(8)26(24(30(46)49-10)52-19(5)42)33(6)16-38(35)39(48,32(33)54-28(44)17(2)3)31(47)40(25,37)57-36(9,55-37)56-38/h12-13,15,17,22-27,31-32,47-48H,11,14,16H2,1-10H3/t22-,23+,24+,25+,26-,27-,31+,32-,33+,34+,35-,36?,37-,38-,39-,40+/m0/s1. The van der Waals surface area contributed by atoms with Gasteiger partial charge in [-0.25, -0.2) is 4.79 Å². The molecular weight excluding hydrogens is 752 g/mol. The first-order valence-corrected chi connectivity index (χ1v) is 19.4. The first kappa shape index (κ1) is 39.9. The van der Waals surface area contributed by atoms with Gasteiger partial charge in [-0.2, -0.15) is 0 Å². The monoisotopic (exact) mass is 802 g/mol. The average Bonchev–Trinajstić information content (AvgIpc) is 3.83. The molecule has 0 radical (unpaired) electrons. The number of carbonyl (C=O) groups is 6. The van der Waals surface area contributed by atoms with E-state index in [1.54, 1.807) is 47.6 Å². The van der Waals surface area contributed by atoms with Crippen LogP contribution in [0.5, 0.6) is 0 Å². The lowest BCUT2D eigenvalue weighted by Crippen LogP contribution is -2.95. The van der Waals surface area contributed by atoms with Crippen molar-refractivity contribution < 1.29 is 81.3 Å². The molecule has 4 saturated carbocycles. The van der Waals surface area contributed by atoms with Gasteiger partial charge in [0.25, 0.3) is 5.97 Å². The Morgan fingerprint density at radius 2 is 1.63 bits per heavy atom. The van der Waals surface area contributed by atoms with Gasteiger partial charge in [0.05, 0.1) is 31.0 Å². The molecule has 2 N–H and O–H groups in total. The van der Waals surface area contributed by atoms with Crippen molar-refractivity contribution in [2.75, 3.05) is 7.11 Å². The van der Waals surface area contributed by atoms with Crippen LogP contribution in [0.15, 0.2) is 23.0 Å². The van der Waals surface area contributed by atoms with E-state index in [4.69, 9.17) is 42.3 Å². The number of hydrogen-bond donors (Lipinski definition) is 2. The van der Waals surface area contributed by atoms with Crippen LogP contribution in [-0.2, 0) is 66.7 Å². The summed E-state index contributed by atoms with van der Waals surface area (Å²) in [6, 6.07) is 1.55. The minimum Gasteiger partial charge on any atom is -0.472 e. The summed E-state index contributed by atoms with van der Waals surface area (Å²) in [4.78, 5) is 82.9. The second-order valence-corrected chi connectivity index (χ2v) is 18.0. The SMILES string of the molecule is CCC(=O)[C@H]1C(=O)O[C@@H](c2ccoc2)[C@]2(C)[C@@H](OC(C)=O)C[C@@]34OC5(C)O[C@]3([C@H]12)[C@H](O)[C@]1(O)[C@@H](OC(=O)C(C)C)[C@]2(C)C[C@]1(O5)[C@@]4(C)[C@H]2[C@@H](OC(C)=O)C(=O)OC. The fourth-order valence-electron chi connectivity index (χ4n) is 13.6. The number of aliphatic hydroxyl groups excluding tert-OH is 1. The number of esters is 5. The molecule has 1 aromatic rings. The Morgan fingerprint density at radius 3 is 2.19 bits per heavy atom. The molecule has 4 aliphatic carbocycles. The van der Waals surface area contributed by atoms with E-state index in [2.05, 4.69) is 0 Å². The molecule has 1 unspecified atom stereocenters. The number of carbonyl (C=O) groups excluding carboxylic acids is 6. The quantitative estimate of drug-likeness (QED) is 0.207. The third-order valence-electron chi connectivity index (χ3n) is 15.1. The van der Waals surface area contributed by atoms with E-state index in [9.17, 15) is 39.0 Å². The molecule has 16 atom stereocenters. The van der Waals surface area contributed by atoms with Gasteiger partial charge in [0.1, 0.15) is 52.9 Å². The summed E-state index contributed by atoms with van der Waals surface area (Å²) < 4.78 is 56.1. The molecule has 2 spiro atoms.